The van der Waals surface area contributed by atoms with Gasteiger partial charge in [-0.1, -0.05) is 76.1 Å². The van der Waals surface area contributed by atoms with E-state index in [2.05, 4.69) is 69.8 Å². The fourth-order valence-corrected chi connectivity index (χ4v) is 4.06. The zero-order chi connectivity index (χ0) is 21.1. The maximum atomic E-state index is 4.31. The van der Waals surface area contributed by atoms with Crippen LogP contribution in [0.2, 0.25) is 0 Å². The molecule has 0 unspecified atom stereocenters. The fourth-order valence-electron chi connectivity index (χ4n) is 3.43. The molecular weight excluding hydrogens is 358 g/mol. The van der Waals surface area contributed by atoms with Crippen molar-refractivity contribution in [3.8, 4) is 0 Å². The molecule has 1 aliphatic carbocycles. The molecule has 0 bridgehead atoms. The van der Waals surface area contributed by atoms with E-state index in [-0.39, 0.29) is 0 Å². The van der Waals surface area contributed by atoms with Crippen molar-refractivity contribution in [1.29, 1.82) is 0 Å². The Morgan fingerprint density at radius 2 is 1.61 bits per heavy atom. The van der Waals surface area contributed by atoms with E-state index in [1.54, 1.807) is 17.8 Å². The molecule has 0 amide bonds. The first-order valence-corrected chi connectivity index (χ1v) is 11.0. The summed E-state index contributed by atoms with van der Waals surface area (Å²) in [5.74, 6) is 1.42. The second-order valence-corrected chi connectivity index (χ2v) is 8.45. The van der Waals surface area contributed by atoms with Crippen molar-refractivity contribution in [3.63, 3.8) is 0 Å². The summed E-state index contributed by atoms with van der Waals surface area (Å²) in [4.78, 5) is 1.17. The van der Waals surface area contributed by atoms with Crippen molar-refractivity contribution in [2.75, 3.05) is 0 Å². The summed E-state index contributed by atoms with van der Waals surface area (Å²) in [7, 11) is 0. The number of hydrogen-bond acceptors (Lipinski definition) is 2. The van der Waals surface area contributed by atoms with E-state index in [4.69, 9.17) is 0 Å². The molecule has 152 valence electrons. The molecule has 1 fully saturated rings. The minimum atomic E-state index is 0.569. The van der Waals surface area contributed by atoms with Crippen LogP contribution in [0, 0.1) is 11.8 Å². The van der Waals surface area contributed by atoms with E-state index in [0.29, 0.717) is 5.92 Å². The van der Waals surface area contributed by atoms with Gasteiger partial charge in [0.05, 0.1) is 0 Å². The van der Waals surface area contributed by atoms with Gasteiger partial charge in [-0.15, -0.1) is 0 Å². The van der Waals surface area contributed by atoms with Gasteiger partial charge in [-0.05, 0) is 79.7 Å². The minimum absolute atomic E-state index is 0.569. The largest absolute Gasteiger partial charge is 0.363 e. The summed E-state index contributed by atoms with van der Waals surface area (Å²) < 4.78 is 0. The summed E-state index contributed by atoms with van der Waals surface area (Å²) in [6, 6.07) is 0. The molecular formula is C26H37NS. The van der Waals surface area contributed by atoms with Crippen LogP contribution in [0.4, 0.5) is 0 Å². The highest BCUT2D eigenvalue weighted by atomic mass is 32.2. The van der Waals surface area contributed by atoms with Gasteiger partial charge in [0.15, 0.2) is 0 Å². The molecule has 1 aliphatic rings. The van der Waals surface area contributed by atoms with E-state index in [0.717, 1.165) is 34.0 Å². The van der Waals surface area contributed by atoms with Crippen LogP contribution in [0.15, 0.2) is 95.1 Å². The lowest BCUT2D eigenvalue weighted by atomic mass is 9.81. The van der Waals surface area contributed by atoms with Crippen molar-refractivity contribution in [2.24, 2.45) is 11.8 Å². The molecule has 1 N–H and O–H groups in total. The van der Waals surface area contributed by atoms with E-state index < -0.39 is 0 Å². The number of hydrogen-bond donors (Lipinski definition) is 1. The van der Waals surface area contributed by atoms with Gasteiger partial charge in [-0.2, -0.15) is 0 Å². The van der Waals surface area contributed by atoms with Crippen LogP contribution in [0.25, 0.3) is 0 Å². The average molecular weight is 396 g/mol. The van der Waals surface area contributed by atoms with Crippen molar-refractivity contribution in [2.45, 2.75) is 53.4 Å². The molecule has 0 saturated heterocycles. The van der Waals surface area contributed by atoms with Gasteiger partial charge in [0.25, 0.3) is 0 Å². The molecule has 0 radical (unpaired) electrons. The lowest BCUT2D eigenvalue weighted by Crippen LogP contribution is -2.22. The first kappa shape index (κ1) is 24.1. The lowest BCUT2D eigenvalue weighted by molar-refractivity contribution is 0.314. The van der Waals surface area contributed by atoms with Crippen LogP contribution >= 0.6 is 11.8 Å². The molecule has 0 aromatic rings. The van der Waals surface area contributed by atoms with Crippen molar-refractivity contribution < 1.29 is 0 Å². The molecule has 0 spiro atoms. The van der Waals surface area contributed by atoms with Gasteiger partial charge >= 0.3 is 0 Å². The van der Waals surface area contributed by atoms with Crippen LogP contribution in [-0.2, 0) is 0 Å². The van der Waals surface area contributed by atoms with Gasteiger partial charge in [0, 0.05) is 16.3 Å². The Morgan fingerprint density at radius 1 is 0.964 bits per heavy atom. The van der Waals surface area contributed by atoms with Gasteiger partial charge in [0.1, 0.15) is 0 Å². The van der Waals surface area contributed by atoms with Crippen LogP contribution in [0.1, 0.15) is 53.4 Å². The highest BCUT2D eigenvalue weighted by molar-refractivity contribution is 8.06. The van der Waals surface area contributed by atoms with Crippen LogP contribution in [-0.4, -0.2) is 0 Å². The van der Waals surface area contributed by atoms with Crippen LogP contribution < -0.4 is 5.32 Å². The van der Waals surface area contributed by atoms with E-state index in [1.165, 1.54) is 30.6 Å². The van der Waals surface area contributed by atoms with E-state index in [1.807, 2.05) is 19.3 Å². The predicted molar refractivity (Wildman–Crippen MR) is 130 cm³/mol. The summed E-state index contributed by atoms with van der Waals surface area (Å²) >= 11 is 1.63. The number of thioether (sulfide) groups is 1. The number of rotatable bonds is 10. The third-order valence-corrected chi connectivity index (χ3v) is 6.13. The molecule has 1 saturated carbocycles. The van der Waals surface area contributed by atoms with E-state index in [9.17, 15) is 0 Å². The molecule has 0 aromatic carbocycles. The van der Waals surface area contributed by atoms with Gasteiger partial charge < -0.3 is 5.32 Å². The fraction of sp³-hybridized carbons (Fsp3) is 0.385. The van der Waals surface area contributed by atoms with Gasteiger partial charge in [-0.3, -0.25) is 0 Å². The number of allylic oxidation sites excluding steroid dienone is 10. The quantitative estimate of drug-likeness (QED) is 0.374. The molecule has 0 aliphatic heterocycles. The maximum absolute atomic E-state index is 4.31. The molecule has 2 heteroatoms. The number of nitrogens with one attached hydrogen (secondary N) is 1. The molecule has 0 heterocycles. The highest BCUT2D eigenvalue weighted by Gasteiger charge is 2.20. The Bertz CT molecular complexity index is 707. The predicted octanol–water partition coefficient (Wildman–Crippen LogP) is 8.22. The summed E-state index contributed by atoms with van der Waals surface area (Å²) in [6.45, 7) is 24.7. The third-order valence-electron chi connectivity index (χ3n) is 5.23. The zero-order valence-electron chi connectivity index (χ0n) is 18.2. The van der Waals surface area contributed by atoms with Crippen molar-refractivity contribution in [3.05, 3.63) is 95.1 Å². The summed E-state index contributed by atoms with van der Waals surface area (Å²) in [5.41, 5.74) is 5.30. The zero-order valence-corrected chi connectivity index (χ0v) is 19.0. The van der Waals surface area contributed by atoms with Gasteiger partial charge in [-0.25, -0.2) is 0 Å². The first-order valence-electron chi connectivity index (χ1n) is 10.1. The molecule has 0 aromatic heterocycles. The monoisotopic (exact) mass is 395 g/mol. The first-order chi connectivity index (χ1) is 13.4. The average Bonchev–Trinajstić information content (AvgIpc) is 2.69. The van der Waals surface area contributed by atoms with Gasteiger partial charge in [0.2, 0.25) is 0 Å². The Balaban J connectivity index is 3.03. The molecule has 1 rings (SSSR count). The third kappa shape index (κ3) is 7.59. The normalized spacial score (nSPS) is 21.9. The van der Waals surface area contributed by atoms with Crippen LogP contribution in [0.5, 0.6) is 0 Å². The second kappa shape index (κ2) is 12.5. The standard InChI is InChI=1S/C26H37NS/c1-9-20(6)25(18-23(10-2)26(11-3)28-12-4)17-21(7)27-22(8)24-15-13-19(5)14-16-24/h9-12,17-19,24,27H,1,4,6,8,13-16H2,2-3,5,7H3/b21-17+,23-10+,25-18-,26-11-. The van der Waals surface area contributed by atoms with Crippen molar-refractivity contribution in [1.82, 2.24) is 5.32 Å². The maximum Gasteiger partial charge on any atom is 0.0142 e. The Labute approximate surface area is 177 Å². The highest BCUT2D eigenvalue weighted by Crippen LogP contribution is 2.32. The topological polar surface area (TPSA) is 12.0 Å². The SMILES string of the molecule is C=CSC(=C\C)/C(/C=C(/C=C(\C)NC(=C)C1CCC(C)CC1)C(=C)C=C)=C/C. The molecule has 1 nitrogen and oxygen atoms in total. The lowest BCUT2D eigenvalue weighted by Gasteiger charge is -2.28. The second-order valence-electron chi connectivity index (χ2n) is 7.44. The Morgan fingerprint density at radius 3 is 2.11 bits per heavy atom. The Hall–Kier alpha value is -1.93. The van der Waals surface area contributed by atoms with Crippen molar-refractivity contribution >= 4 is 11.8 Å². The molecule has 0 atom stereocenters. The smallest absolute Gasteiger partial charge is 0.0142 e. The van der Waals surface area contributed by atoms with E-state index >= 15 is 0 Å². The summed E-state index contributed by atoms with van der Waals surface area (Å²) in [6.07, 6.45) is 15.4. The van der Waals surface area contributed by atoms with Crippen LogP contribution in [0.3, 0.4) is 0 Å². The minimum Gasteiger partial charge on any atom is -0.363 e. The summed E-state index contributed by atoms with van der Waals surface area (Å²) in [5, 5.41) is 5.38. The molecule has 28 heavy (non-hydrogen) atoms. The Kier molecular flexibility index (Phi) is 10.8.